The van der Waals surface area contributed by atoms with Crippen molar-refractivity contribution in [3.05, 3.63) is 102 Å². The number of ether oxygens (including phenoxy) is 1. The van der Waals surface area contributed by atoms with E-state index < -0.39 is 5.82 Å². The van der Waals surface area contributed by atoms with Gasteiger partial charge in [0.05, 0.1) is 12.1 Å². The maximum atomic E-state index is 13.8. The SMILES string of the molecule is Cn1nc(-c2ccccc2)c(CN(C(=O)c2cccc(F)c2)C2CC2)c1Oc1ccc(F)cc1. The summed E-state index contributed by atoms with van der Waals surface area (Å²) < 4.78 is 35.0. The van der Waals surface area contributed by atoms with Crippen LogP contribution in [0.25, 0.3) is 11.3 Å². The van der Waals surface area contributed by atoms with E-state index in [2.05, 4.69) is 0 Å². The number of halogens is 2. The van der Waals surface area contributed by atoms with Crippen molar-refractivity contribution >= 4 is 5.91 Å². The van der Waals surface area contributed by atoms with Gasteiger partial charge in [0, 0.05) is 24.2 Å². The first-order chi connectivity index (χ1) is 16.5. The Morgan fingerprint density at radius 2 is 1.74 bits per heavy atom. The summed E-state index contributed by atoms with van der Waals surface area (Å²) in [5, 5.41) is 4.69. The van der Waals surface area contributed by atoms with Crippen LogP contribution in [0.3, 0.4) is 0 Å². The minimum Gasteiger partial charge on any atom is -0.439 e. The molecule has 5 nitrogen and oxygen atoms in total. The standard InChI is InChI=1S/C27H23F2N3O2/c1-31-27(34-23-14-10-20(28)11-15-23)24(25(30-31)18-6-3-2-4-7-18)17-32(22-12-13-22)26(33)19-8-5-9-21(29)16-19/h2-11,14-16,22H,12-13,17H2,1H3. The van der Waals surface area contributed by atoms with Gasteiger partial charge in [-0.3, -0.25) is 4.79 Å². The third kappa shape index (κ3) is 4.55. The smallest absolute Gasteiger partial charge is 0.254 e. The number of aryl methyl sites for hydroxylation is 1. The highest BCUT2D eigenvalue weighted by Crippen LogP contribution is 2.37. The van der Waals surface area contributed by atoms with Crippen molar-refractivity contribution in [2.75, 3.05) is 0 Å². The molecule has 0 saturated heterocycles. The summed E-state index contributed by atoms with van der Waals surface area (Å²) in [7, 11) is 1.77. The van der Waals surface area contributed by atoms with Gasteiger partial charge in [-0.25, -0.2) is 13.5 Å². The highest BCUT2D eigenvalue weighted by molar-refractivity contribution is 5.94. The van der Waals surface area contributed by atoms with Gasteiger partial charge in [0.1, 0.15) is 23.1 Å². The van der Waals surface area contributed by atoms with Crippen molar-refractivity contribution in [2.45, 2.75) is 25.4 Å². The van der Waals surface area contributed by atoms with Gasteiger partial charge < -0.3 is 9.64 Å². The lowest BCUT2D eigenvalue weighted by molar-refractivity contribution is 0.0728. The molecule has 172 valence electrons. The van der Waals surface area contributed by atoms with E-state index in [1.54, 1.807) is 34.8 Å². The fourth-order valence-electron chi connectivity index (χ4n) is 3.98. The molecule has 7 heteroatoms. The molecule has 4 aromatic rings. The average molecular weight is 459 g/mol. The van der Waals surface area contributed by atoms with Crippen LogP contribution in [0.1, 0.15) is 28.8 Å². The Morgan fingerprint density at radius 3 is 2.41 bits per heavy atom. The molecule has 0 unspecified atom stereocenters. The molecular formula is C27H23F2N3O2. The molecule has 1 amide bonds. The van der Waals surface area contributed by atoms with E-state index >= 15 is 0 Å². The molecule has 1 aromatic heterocycles. The Kier molecular flexibility index (Phi) is 5.84. The topological polar surface area (TPSA) is 47.4 Å². The molecule has 1 fully saturated rings. The third-order valence-electron chi connectivity index (χ3n) is 5.81. The van der Waals surface area contributed by atoms with Crippen molar-refractivity contribution in [1.29, 1.82) is 0 Å². The van der Waals surface area contributed by atoms with E-state index in [0.29, 0.717) is 22.9 Å². The zero-order valence-electron chi connectivity index (χ0n) is 18.6. The molecule has 1 aliphatic rings. The Balaban J connectivity index is 1.56. The summed E-state index contributed by atoms with van der Waals surface area (Å²) in [5.74, 6) is -0.128. The normalized spacial score (nSPS) is 13.0. The second-order valence-electron chi connectivity index (χ2n) is 8.35. The molecule has 1 heterocycles. The maximum Gasteiger partial charge on any atom is 0.254 e. The molecule has 1 saturated carbocycles. The Bertz CT molecular complexity index is 1320. The zero-order chi connectivity index (χ0) is 23.7. The molecule has 1 aliphatic carbocycles. The summed E-state index contributed by atoms with van der Waals surface area (Å²) in [5.41, 5.74) is 2.61. The lowest BCUT2D eigenvalue weighted by atomic mass is 10.1. The number of carbonyl (C=O) groups excluding carboxylic acids is 1. The van der Waals surface area contributed by atoms with Gasteiger partial charge in [0.25, 0.3) is 5.91 Å². The van der Waals surface area contributed by atoms with Crippen molar-refractivity contribution < 1.29 is 18.3 Å². The minimum atomic E-state index is -0.451. The van der Waals surface area contributed by atoms with Gasteiger partial charge in [-0.2, -0.15) is 5.10 Å². The molecule has 0 atom stereocenters. The number of aromatic nitrogens is 2. The predicted octanol–water partition coefficient (Wildman–Crippen LogP) is 5.96. The maximum absolute atomic E-state index is 13.8. The molecular weight excluding hydrogens is 436 g/mol. The van der Waals surface area contributed by atoms with Gasteiger partial charge in [0.2, 0.25) is 5.88 Å². The van der Waals surface area contributed by atoms with Crippen LogP contribution >= 0.6 is 0 Å². The van der Waals surface area contributed by atoms with Crippen LogP contribution in [0.5, 0.6) is 11.6 Å². The number of hydrogen-bond donors (Lipinski definition) is 0. The Labute approximate surface area is 196 Å². The van der Waals surface area contributed by atoms with Crippen molar-refractivity contribution in [3.8, 4) is 22.9 Å². The summed E-state index contributed by atoms with van der Waals surface area (Å²) >= 11 is 0. The molecule has 0 spiro atoms. The second-order valence-corrected chi connectivity index (χ2v) is 8.35. The highest BCUT2D eigenvalue weighted by atomic mass is 19.1. The molecule has 5 rings (SSSR count). The van der Waals surface area contributed by atoms with E-state index in [1.807, 2.05) is 30.3 Å². The summed E-state index contributed by atoms with van der Waals surface area (Å²) in [6.45, 7) is 0.245. The van der Waals surface area contributed by atoms with Gasteiger partial charge in [-0.15, -0.1) is 0 Å². The van der Waals surface area contributed by atoms with Crippen LogP contribution in [0.2, 0.25) is 0 Å². The van der Waals surface area contributed by atoms with Crippen LogP contribution in [0.4, 0.5) is 8.78 Å². The number of hydrogen-bond acceptors (Lipinski definition) is 3. The van der Waals surface area contributed by atoms with Crippen LogP contribution in [0, 0.1) is 11.6 Å². The number of amides is 1. The molecule has 34 heavy (non-hydrogen) atoms. The molecule has 0 radical (unpaired) electrons. The van der Waals surface area contributed by atoms with Crippen molar-refractivity contribution in [3.63, 3.8) is 0 Å². The van der Waals surface area contributed by atoms with Gasteiger partial charge >= 0.3 is 0 Å². The first-order valence-corrected chi connectivity index (χ1v) is 11.1. The minimum absolute atomic E-state index is 0.0678. The molecule has 3 aromatic carbocycles. The Hall–Kier alpha value is -4.00. The largest absolute Gasteiger partial charge is 0.439 e. The number of benzene rings is 3. The van der Waals surface area contributed by atoms with Crippen molar-refractivity contribution in [1.82, 2.24) is 14.7 Å². The van der Waals surface area contributed by atoms with E-state index in [9.17, 15) is 13.6 Å². The molecule has 0 N–H and O–H groups in total. The number of carbonyl (C=O) groups is 1. The van der Waals surface area contributed by atoms with Gasteiger partial charge in [-0.1, -0.05) is 36.4 Å². The second kappa shape index (κ2) is 9.09. The summed E-state index contributed by atoms with van der Waals surface area (Å²) in [6.07, 6.45) is 1.77. The van der Waals surface area contributed by atoms with E-state index in [0.717, 1.165) is 24.0 Å². The predicted molar refractivity (Wildman–Crippen MR) is 124 cm³/mol. The third-order valence-corrected chi connectivity index (χ3v) is 5.81. The summed E-state index contributed by atoms with van der Waals surface area (Å²) in [4.78, 5) is 15.2. The molecule has 0 bridgehead atoms. The lowest BCUT2D eigenvalue weighted by Crippen LogP contribution is -2.32. The highest BCUT2D eigenvalue weighted by Gasteiger charge is 2.35. The quantitative estimate of drug-likeness (QED) is 0.343. The molecule has 0 aliphatic heterocycles. The van der Waals surface area contributed by atoms with Crippen LogP contribution in [-0.2, 0) is 13.6 Å². The van der Waals surface area contributed by atoms with Crippen molar-refractivity contribution in [2.24, 2.45) is 7.05 Å². The van der Waals surface area contributed by atoms with Gasteiger partial charge in [-0.05, 0) is 55.3 Å². The zero-order valence-corrected chi connectivity index (χ0v) is 18.6. The fraction of sp³-hybridized carbons (Fsp3) is 0.185. The van der Waals surface area contributed by atoms with Crippen LogP contribution < -0.4 is 4.74 Å². The lowest BCUT2D eigenvalue weighted by Gasteiger charge is -2.23. The summed E-state index contributed by atoms with van der Waals surface area (Å²) in [6, 6.07) is 21.2. The van der Waals surface area contributed by atoms with E-state index in [1.165, 1.54) is 30.3 Å². The first kappa shape index (κ1) is 21.8. The average Bonchev–Trinajstić information content (AvgIpc) is 3.64. The monoisotopic (exact) mass is 459 g/mol. The van der Waals surface area contributed by atoms with Crippen LogP contribution in [0.15, 0.2) is 78.9 Å². The van der Waals surface area contributed by atoms with E-state index in [-0.39, 0.29) is 24.3 Å². The number of rotatable bonds is 7. The fourth-order valence-corrected chi connectivity index (χ4v) is 3.98. The number of nitrogens with zero attached hydrogens (tertiary/aromatic N) is 3. The Morgan fingerprint density at radius 1 is 1.00 bits per heavy atom. The van der Waals surface area contributed by atoms with Gasteiger partial charge in [0.15, 0.2) is 0 Å². The van der Waals surface area contributed by atoms with E-state index in [4.69, 9.17) is 9.84 Å². The first-order valence-electron chi connectivity index (χ1n) is 11.1. The van der Waals surface area contributed by atoms with Crippen LogP contribution in [-0.4, -0.2) is 26.6 Å².